The number of nitrogens with zero attached hydrogens (tertiary/aromatic N) is 2. The molecule has 1 aromatic heterocycles. The SMILES string of the molecule is COc1ccc(Oc2cnc(CNC(=O)C3(NC(=O)C(F)(F)F)CCOC3)nc2)c(C(F)(F)F)c1. The summed E-state index contributed by atoms with van der Waals surface area (Å²) in [5.74, 6) is -3.94. The van der Waals surface area contributed by atoms with E-state index in [2.05, 4.69) is 15.3 Å². The second kappa shape index (κ2) is 9.93. The second-order valence-corrected chi connectivity index (χ2v) is 7.32. The summed E-state index contributed by atoms with van der Waals surface area (Å²) >= 11 is 0. The lowest BCUT2D eigenvalue weighted by Crippen LogP contribution is -2.61. The average Bonchev–Trinajstić information content (AvgIpc) is 3.27. The standard InChI is InChI=1S/C20H18F6N4O5/c1-33-11-2-3-14(13(6-11)19(21,22)23)35-12-7-27-15(28-8-12)9-29-16(31)18(4-5-34-10-18)30-17(32)20(24,25)26/h2-3,6-8H,4-5,9-10H2,1H3,(H,29,31)(H,30,32). The van der Waals surface area contributed by atoms with E-state index in [0.717, 1.165) is 24.5 Å². The van der Waals surface area contributed by atoms with Gasteiger partial charge >= 0.3 is 18.3 Å². The van der Waals surface area contributed by atoms with Crippen LogP contribution in [0.5, 0.6) is 17.2 Å². The summed E-state index contributed by atoms with van der Waals surface area (Å²) in [6.45, 7) is -0.851. The van der Waals surface area contributed by atoms with Gasteiger partial charge in [-0.25, -0.2) is 9.97 Å². The van der Waals surface area contributed by atoms with Crippen LogP contribution >= 0.6 is 0 Å². The predicted octanol–water partition coefficient (Wildman–Crippen LogP) is 2.75. The first kappa shape index (κ1) is 26.0. The molecule has 1 unspecified atom stereocenters. The number of carbonyl (C=O) groups is 2. The van der Waals surface area contributed by atoms with Crippen LogP contribution in [0.25, 0.3) is 0 Å². The van der Waals surface area contributed by atoms with E-state index in [1.165, 1.54) is 13.2 Å². The molecule has 0 radical (unpaired) electrons. The number of benzene rings is 1. The van der Waals surface area contributed by atoms with Gasteiger partial charge in [-0.3, -0.25) is 9.59 Å². The third-order valence-corrected chi connectivity index (χ3v) is 4.88. The van der Waals surface area contributed by atoms with Gasteiger partial charge in [-0.2, -0.15) is 26.3 Å². The summed E-state index contributed by atoms with van der Waals surface area (Å²) in [7, 11) is 1.22. The van der Waals surface area contributed by atoms with E-state index in [0.29, 0.717) is 0 Å². The van der Waals surface area contributed by atoms with Crippen LogP contribution in [0, 0.1) is 0 Å². The van der Waals surface area contributed by atoms with Crippen LogP contribution in [0.3, 0.4) is 0 Å². The molecule has 190 valence electrons. The molecule has 0 spiro atoms. The first-order valence-corrected chi connectivity index (χ1v) is 9.83. The van der Waals surface area contributed by atoms with Crippen molar-refractivity contribution in [1.82, 2.24) is 20.6 Å². The number of alkyl halides is 6. The molecule has 0 bridgehead atoms. The summed E-state index contributed by atoms with van der Waals surface area (Å²) < 4.78 is 92.8. The van der Waals surface area contributed by atoms with Crippen molar-refractivity contribution in [1.29, 1.82) is 0 Å². The topological polar surface area (TPSA) is 112 Å². The van der Waals surface area contributed by atoms with Crippen LogP contribution in [-0.4, -0.2) is 53.8 Å². The first-order chi connectivity index (χ1) is 16.3. The molecule has 15 heteroatoms. The van der Waals surface area contributed by atoms with Crippen molar-refractivity contribution in [3.63, 3.8) is 0 Å². The van der Waals surface area contributed by atoms with Gasteiger partial charge in [0, 0.05) is 13.0 Å². The van der Waals surface area contributed by atoms with E-state index in [-0.39, 0.29) is 36.9 Å². The Morgan fingerprint density at radius 2 is 1.80 bits per heavy atom. The molecule has 0 aliphatic carbocycles. The van der Waals surface area contributed by atoms with Gasteiger partial charge in [0.25, 0.3) is 0 Å². The number of methoxy groups -OCH3 is 1. The van der Waals surface area contributed by atoms with E-state index in [9.17, 15) is 35.9 Å². The minimum Gasteiger partial charge on any atom is -0.497 e. The van der Waals surface area contributed by atoms with E-state index in [4.69, 9.17) is 14.2 Å². The second-order valence-electron chi connectivity index (χ2n) is 7.32. The van der Waals surface area contributed by atoms with Gasteiger partial charge in [-0.15, -0.1) is 0 Å². The number of aromatic nitrogens is 2. The van der Waals surface area contributed by atoms with Crippen molar-refractivity contribution in [3.05, 3.63) is 42.0 Å². The molecule has 2 N–H and O–H groups in total. The Kier molecular flexibility index (Phi) is 7.38. The van der Waals surface area contributed by atoms with E-state index >= 15 is 0 Å². The zero-order chi connectivity index (χ0) is 25.9. The molecule has 2 amide bonds. The van der Waals surface area contributed by atoms with Crippen LogP contribution < -0.4 is 20.1 Å². The summed E-state index contributed by atoms with van der Waals surface area (Å²) in [5.41, 5.74) is -3.00. The molecule has 35 heavy (non-hydrogen) atoms. The molecule has 1 saturated heterocycles. The zero-order valence-corrected chi connectivity index (χ0v) is 17.9. The fourth-order valence-electron chi connectivity index (χ4n) is 3.08. The van der Waals surface area contributed by atoms with E-state index in [1.54, 1.807) is 5.32 Å². The first-order valence-electron chi connectivity index (χ1n) is 9.83. The molecule has 1 aliphatic rings. The van der Waals surface area contributed by atoms with Crippen LogP contribution in [0.1, 0.15) is 17.8 Å². The third-order valence-electron chi connectivity index (χ3n) is 4.88. The summed E-state index contributed by atoms with van der Waals surface area (Å²) in [5, 5.41) is 3.99. The lowest BCUT2D eigenvalue weighted by molar-refractivity contribution is -0.176. The molecule has 9 nitrogen and oxygen atoms in total. The maximum Gasteiger partial charge on any atom is 0.471 e. The average molecular weight is 508 g/mol. The summed E-state index contributed by atoms with van der Waals surface area (Å²) in [6.07, 6.45) is -7.99. The van der Waals surface area contributed by atoms with Crippen molar-refractivity contribution in [2.45, 2.75) is 30.9 Å². The molecule has 1 fully saturated rings. The van der Waals surface area contributed by atoms with Gasteiger partial charge in [0.2, 0.25) is 5.91 Å². The van der Waals surface area contributed by atoms with Crippen molar-refractivity contribution < 1.29 is 50.1 Å². The van der Waals surface area contributed by atoms with E-state index < -0.39 is 47.6 Å². The minimum atomic E-state index is -5.19. The van der Waals surface area contributed by atoms with Crippen LogP contribution in [0.4, 0.5) is 26.3 Å². The van der Waals surface area contributed by atoms with Gasteiger partial charge in [-0.05, 0) is 18.2 Å². The number of amides is 2. The Bertz CT molecular complexity index is 1070. The maximum absolute atomic E-state index is 13.3. The van der Waals surface area contributed by atoms with Crippen molar-refractivity contribution >= 4 is 11.8 Å². The number of ether oxygens (including phenoxy) is 3. The molecule has 1 atom stereocenters. The van der Waals surface area contributed by atoms with E-state index in [1.807, 2.05) is 0 Å². The molecule has 1 aliphatic heterocycles. The number of rotatable bonds is 7. The number of hydrogen-bond acceptors (Lipinski definition) is 7. The van der Waals surface area contributed by atoms with Crippen molar-refractivity contribution in [2.75, 3.05) is 20.3 Å². The maximum atomic E-state index is 13.3. The summed E-state index contributed by atoms with van der Waals surface area (Å²) in [4.78, 5) is 31.6. The monoisotopic (exact) mass is 508 g/mol. The highest BCUT2D eigenvalue weighted by Gasteiger charge is 2.49. The van der Waals surface area contributed by atoms with Gasteiger partial charge in [0.15, 0.2) is 5.75 Å². The highest BCUT2D eigenvalue weighted by Crippen LogP contribution is 2.40. The Balaban J connectivity index is 1.66. The quantitative estimate of drug-likeness (QED) is 0.554. The Morgan fingerprint density at radius 3 is 2.34 bits per heavy atom. The smallest absolute Gasteiger partial charge is 0.471 e. The molecule has 2 heterocycles. The zero-order valence-electron chi connectivity index (χ0n) is 17.9. The number of hydrogen-bond donors (Lipinski definition) is 2. The van der Waals surface area contributed by atoms with Crippen LogP contribution in [-0.2, 0) is 27.0 Å². The Labute approximate surface area is 193 Å². The van der Waals surface area contributed by atoms with Crippen molar-refractivity contribution in [2.24, 2.45) is 0 Å². The number of nitrogens with one attached hydrogen (secondary N) is 2. The highest BCUT2D eigenvalue weighted by atomic mass is 19.4. The molecule has 1 aromatic carbocycles. The molecular formula is C20H18F6N4O5. The fraction of sp³-hybridized carbons (Fsp3) is 0.400. The summed E-state index contributed by atoms with van der Waals surface area (Å²) in [6, 6.07) is 3.10. The lowest BCUT2D eigenvalue weighted by Gasteiger charge is -2.27. The van der Waals surface area contributed by atoms with Crippen LogP contribution in [0.15, 0.2) is 30.6 Å². The van der Waals surface area contributed by atoms with Crippen molar-refractivity contribution in [3.8, 4) is 17.2 Å². The lowest BCUT2D eigenvalue weighted by atomic mass is 9.97. The molecule has 0 saturated carbocycles. The highest BCUT2D eigenvalue weighted by molar-refractivity contribution is 5.93. The van der Waals surface area contributed by atoms with Crippen LogP contribution in [0.2, 0.25) is 0 Å². The number of halogens is 6. The number of carbonyl (C=O) groups excluding carboxylic acids is 2. The van der Waals surface area contributed by atoms with Gasteiger partial charge in [0.05, 0.1) is 32.7 Å². The Hall–Kier alpha value is -3.62. The van der Waals surface area contributed by atoms with Gasteiger partial charge < -0.3 is 24.8 Å². The molecular weight excluding hydrogens is 490 g/mol. The normalized spacial score (nSPS) is 18.1. The largest absolute Gasteiger partial charge is 0.497 e. The Morgan fingerprint density at radius 1 is 1.11 bits per heavy atom. The van der Waals surface area contributed by atoms with Gasteiger partial charge in [-0.1, -0.05) is 0 Å². The minimum absolute atomic E-state index is 0.0207. The predicted molar refractivity (Wildman–Crippen MR) is 104 cm³/mol. The third kappa shape index (κ3) is 6.29. The molecule has 2 aromatic rings. The van der Waals surface area contributed by atoms with Gasteiger partial charge in [0.1, 0.15) is 28.4 Å². The molecule has 3 rings (SSSR count). The fourth-order valence-corrected chi connectivity index (χ4v) is 3.08.